The molecule has 0 atom stereocenters. The zero-order chi connectivity index (χ0) is 15.7. The number of allylic oxidation sites excluding steroid dienone is 2. The van der Waals surface area contributed by atoms with Gasteiger partial charge in [-0.1, -0.05) is 48.0 Å². The molecule has 1 aliphatic carbocycles. The van der Waals surface area contributed by atoms with Crippen LogP contribution in [0.15, 0.2) is 59.4 Å². The van der Waals surface area contributed by atoms with Gasteiger partial charge in [-0.3, -0.25) is 10.2 Å². The van der Waals surface area contributed by atoms with E-state index < -0.39 is 0 Å². The van der Waals surface area contributed by atoms with Crippen molar-refractivity contribution in [1.29, 1.82) is 0 Å². The van der Waals surface area contributed by atoms with Crippen LogP contribution in [-0.4, -0.2) is 16.6 Å². The fourth-order valence-corrected chi connectivity index (χ4v) is 2.60. The van der Waals surface area contributed by atoms with Crippen LogP contribution in [0.2, 0.25) is 5.02 Å². The number of aliphatic hydroxyl groups excluding tert-OH is 1. The van der Waals surface area contributed by atoms with Gasteiger partial charge in [-0.2, -0.15) is 5.10 Å². The summed E-state index contributed by atoms with van der Waals surface area (Å²) in [6, 6.07) is 14.4. The molecule has 22 heavy (non-hydrogen) atoms. The van der Waals surface area contributed by atoms with Crippen LogP contribution in [0.1, 0.15) is 18.1 Å². The van der Waals surface area contributed by atoms with Gasteiger partial charge in [0.25, 0.3) is 0 Å². The maximum Gasteiger partial charge on any atom is 0.164 e. The Kier molecular flexibility index (Phi) is 3.69. The Bertz CT molecular complexity index is 825. The van der Waals surface area contributed by atoms with Crippen molar-refractivity contribution >= 4 is 34.4 Å². The van der Waals surface area contributed by atoms with Crippen LogP contribution < -0.4 is 5.43 Å². The third-order valence-corrected chi connectivity index (χ3v) is 3.76. The quantitative estimate of drug-likeness (QED) is 0.841. The third kappa shape index (κ3) is 2.38. The number of para-hydroxylation sites is 1. The Morgan fingerprint density at radius 2 is 1.73 bits per heavy atom. The predicted octanol–water partition coefficient (Wildman–Crippen LogP) is 4.03. The first kappa shape index (κ1) is 14.4. The summed E-state index contributed by atoms with van der Waals surface area (Å²) in [7, 11) is 0. The summed E-state index contributed by atoms with van der Waals surface area (Å²) >= 11 is 6.07. The van der Waals surface area contributed by atoms with Crippen molar-refractivity contribution in [3.8, 4) is 0 Å². The van der Waals surface area contributed by atoms with Gasteiger partial charge < -0.3 is 5.11 Å². The largest absolute Gasteiger partial charge is 0.505 e. The number of hydrogen-bond acceptors (Lipinski definition) is 4. The molecule has 1 aliphatic rings. The van der Waals surface area contributed by atoms with Crippen LogP contribution in [0.4, 0.5) is 5.69 Å². The molecule has 0 bridgehead atoms. The lowest BCUT2D eigenvalue weighted by molar-refractivity contribution is -0.111. The molecule has 5 heteroatoms. The van der Waals surface area contributed by atoms with Gasteiger partial charge in [-0.25, -0.2) is 0 Å². The summed E-state index contributed by atoms with van der Waals surface area (Å²) in [6.45, 7) is 1.42. The number of nitrogens with one attached hydrogen (secondary N) is 1. The molecule has 2 aromatic carbocycles. The van der Waals surface area contributed by atoms with Crippen molar-refractivity contribution in [1.82, 2.24) is 0 Å². The summed E-state index contributed by atoms with van der Waals surface area (Å²) < 4.78 is 0. The Morgan fingerprint density at radius 3 is 2.41 bits per heavy atom. The number of Topliss-reactive ketones (excluding diaryl/α,β-unsaturated/α-hetero) is 1. The number of aliphatic hydroxyl groups is 1. The van der Waals surface area contributed by atoms with E-state index >= 15 is 0 Å². The number of ketones is 1. The molecule has 110 valence electrons. The highest BCUT2D eigenvalue weighted by Crippen LogP contribution is 2.33. The highest BCUT2D eigenvalue weighted by Gasteiger charge is 2.30. The maximum atomic E-state index is 11.8. The lowest BCUT2D eigenvalue weighted by Gasteiger charge is -2.05. The second-order valence-corrected chi connectivity index (χ2v) is 5.28. The second kappa shape index (κ2) is 5.66. The number of anilines is 1. The minimum atomic E-state index is -0.201. The van der Waals surface area contributed by atoms with Crippen LogP contribution in [0, 0.1) is 0 Å². The van der Waals surface area contributed by atoms with E-state index in [9.17, 15) is 9.90 Å². The van der Waals surface area contributed by atoms with E-state index in [1.165, 1.54) is 6.92 Å². The van der Waals surface area contributed by atoms with Gasteiger partial charge in [0.05, 0.1) is 16.3 Å². The van der Waals surface area contributed by atoms with Crippen molar-refractivity contribution in [3.05, 3.63) is 70.4 Å². The standard InChI is InChI=1S/C17H13ClN2O2/c1-10(21)15-11-6-2-3-7-12(11)16(17(15)22)20-19-14-9-5-4-8-13(14)18/h2-9,19H,1H3,(H,20,22). The van der Waals surface area contributed by atoms with Gasteiger partial charge in [0.15, 0.2) is 11.5 Å². The third-order valence-electron chi connectivity index (χ3n) is 3.43. The molecule has 0 heterocycles. The lowest BCUT2D eigenvalue weighted by atomic mass is 10.0. The summed E-state index contributed by atoms with van der Waals surface area (Å²) in [5.74, 6) is -0.318. The van der Waals surface area contributed by atoms with E-state index in [2.05, 4.69) is 10.5 Å². The van der Waals surface area contributed by atoms with Crippen molar-refractivity contribution in [2.24, 2.45) is 5.10 Å². The Morgan fingerprint density at radius 1 is 1.09 bits per heavy atom. The van der Waals surface area contributed by atoms with E-state index in [4.69, 9.17) is 11.6 Å². The summed E-state index contributed by atoms with van der Waals surface area (Å²) in [5, 5.41) is 15.1. The zero-order valence-electron chi connectivity index (χ0n) is 11.8. The minimum Gasteiger partial charge on any atom is -0.505 e. The number of carbonyl (C=O) groups excluding carboxylic acids is 1. The van der Waals surface area contributed by atoms with E-state index in [0.29, 0.717) is 27.5 Å². The zero-order valence-corrected chi connectivity index (χ0v) is 12.6. The molecule has 0 spiro atoms. The molecule has 0 radical (unpaired) electrons. The number of hydrazone groups is 1. The van der Waals surface area contributed by atoms with Crippen molar-refractivity contribution in [3.63, 3.8) is 0 Å². The normalized spacial score (nSPS) is 15.1. The summed E-state index contributed by atoms with van der Waals surface area (Å²) in [5.41, 5.74) is 5.48. The van der Waals surface area contributed by atoms with Crippen LogP contribution in [-0.2, 0) is 4.79 Å². The Hall–Kier alpha value is -2.59. The highest BCUT2D eigenvalue weighted by molar-refractivity contribution is 6.35. The summed E-state index contributed by atoms with van der Waals surface area (Å²) in [4.78, 5) is 11.8. The monoisotopic (exact) mass is 312 g/mol. The van der Waals surface area contributed by atoms with E-state index in [1.54, 1.807) is 18.2 Å². The van der Waals surface area contributed by atoms with E-state index in [1.807, 2.05) is 30.3 Å². The SMILES string of the molecule is CC(=O)C1=C(O)/C(=N\Nc2ccccc2Cl)c2ccccc21. The Labute approximate surface area is 132 Å². The first-order valence-corrected chi connectivity index (χ1v) is 7.10. The number of fused-ring (bicyclic) bond motifs is 1. The molecule has 0 amide bonds. The van der Waals surface area contributed by atoms with Gasteiger partial charge in [-0.05, 0) is 24.6 Å². The molecule has 2 aromatic rings. The fraction of sp³-hybridized carbons (Fsp3) is 0.0588. The van der Waals surface area contributed by atoms with Crippen molar-refractivity contribution in [2.45, 2.75) is 6.92 Å². The average Bonchev–Trinajstić information content (AvgIpc) is 2.78. The van der Waals surface area contributed by atoms with Crippen LogP contribution in [0.3, 0.4) is 0 Å². The molecule has 2 N–H and O–H groups in total. The molecular formula is C17H13ClN2O2. The predicted molar refractivity (Wildman–Crippen MR) is 88.3 cm³/mol. The minimum absolute atomic E-state index is 0.117. The first-order chi connectivity index (χ1) is 10.6. The second-order valence-electron chi connectivity index (χ2n) is 4.88. The van der Waals surface area contributed by atoms with Gasteiger partial charge in [-0.15, -0.1) is 0 Å². The van der Waals surface area contributed by atoms with Crippen LogP contribution in [0.25, 0.3) is 5.57 Å². The van der Waals surface area contributed by atoms with Crippen LogP contribution in [0.5, 0.6) is 0 Å². The number of hydrogen-bond donors (Lipinski definition) is 2. The molecule has 0 aliphatic heterocycles. The molecule has 0 fully saturated rings. The molecule has 0 aromatic heterocycles. The van der Waals surface area contributed by atoms with Gasteiger partial charge in [0, 0.05) is 5.56 Å². The Balaban J connectivity index is 2.05. The van der Waals surface area contributed by atoms with Crippen molar-refractivity contribution < 1.29 is 9.90 Å². The van der Waals surface area contributed by atoms with E-state index in [-0.39, 0.29) is 17.1 Å². The number of carbonyl (C=O) groups is 1. The molecule has 3 rings (SSSR count). The fourth-order valence-electron chi connectivity index (χ4n) is 2.42. The average molecular weight is 313 g/mol. The molecule has 0 saturated carbocycles. The highest BCUT2D eigenvalue weighted by atomic mass is 35.5. The number of nitrogens with zero attached hydrogens (tertiary/aromatic N) is 1. The first-order valence-electron chi connectivity index (χ1n) is 6.72. The van der Waals surface area contributed by atoms with E-state index in [0.717, 1.165) is 0 Å². The van der Waals surface area contributed by atoms with Gasteiger partial charge in [0.2, 0.25) is 0 Å². The molecule has 0 unspecified atom stereocenters. The molecule has 4 nitrogen and oxygen atoms in total. The molecular weight excluding hydrogens is 300 g/mol. The maximum absolute atomic E-state index is 11.8. The number of halogens is 1. The number of rotatable bonds is 3. The molecule has 0 saturated heterocycles. The van der Waals surface area contributed by atoms with Crippen molar-refractivity contribution in [2.75, 3.05) is 5.43 Å². The smallest absolute Gasteiger partial charge is 0.164 e. The topological polar surface area (TPSA) is 61.7 Å². The van der Waals surface area contributed by atoms with Gasteiger partial charge >= 0.3 is 0 Å². The van der Waals surface area contributed by atoms with Crippen LogP contribution >= 0.6 is 11.6 Å². The summed E-state index contributed by atoms with van der Waals surface area (Å²) in [6.07, 6.45) is 0. The van der Waals surface area contributed by atoms with Gasteiger partial charge in [0.1, 0.15) is 5.71 Å². The lowest BCUT2D eigenvalue weighted by Crippen LogP contribution is -2.05. The number of benzene rings is 2.